The number of benzene rings is 1. The molecular formula is C16H22O4. The van der Waals surface area contributed by atoms with E-state index < -0.39 is 0 Å². The topological polar surface area (TPSA) is 36.9 Å². The van der Waals surface area contributed by atoms with E-state index in [-0.39, 0.29) is 18.5 Å². The van der Waals surface area contributed by atoms with E-state index in [1.165, 1.54) is 0 Å². The first-order valence-corrected chi connectivity index (χ1v) is 7.43. The van der Waals surface area contributed by atoms with Crippen molar-refractivity contribution in [3.05, 3.63) is 23.8 Å². The maximum atomic E-state index is 6.11. The normalized spacial score (nSPS) is 32.4. The molecular weight excluding hydrogens is 256 g/mol. The number of hydrogen-bond donors (Lipinski definition) is 0. The zero-order chi connectivity index (χ0) is 14.1. The Labute approximate surface area is 120 Å². The minimum atomic E-state index is -0.119. The second-order valence-corrected chi connectivity index (χ2v) is 5.45. The lowest BCUT2D eigenvalue weighted by Gasteiger charge is -2.40. The summed E-state index contributed by atoms with van der Waals surface area (Å²) in [5.41, 5.74) is 1.14. The molecule has 1 saturated heterocycles. The van der Waals surface area contributed by atoms with Gasteiger partial charge in [0.15, 0.2) is 17.8 Å². The third kappa shape index (κ3) is 2.38. The Morgan fingerprint density at radius 3 is 2.60 bits per heavy atom. The molecule has 0 amide bonds. The van der Waals surface area contributed by atoms with Gasteiger partial charge in [0.25, 0.3) is 0 Å². The highest BCUT2D eigenvalue weighted by molar-refractivity contribution is 5.45. The van der Waals surface area contributed by atoms with Crippen LogP contribution in [-0.2, 0) is 9.47 Å². The van der Waals surface area contributed by atoms with Crippen LogP contribution in [0, 0.1) is 5.92 Å². The molecule has 2 heterocycles. The number of rotatable bonds is 3. The quantitative estimate of drug-likeness (QED) is 0.845. The molecule has 0 unspecified atom stereocenters. The van der Waals surface area contributed by atoms with Gasteiger partial charge in [0.1, 0.15) is 0 Å². The summed E-state index contributed by atoms with van der Waals surface area (Å²) in [7, 11) is 0. The third-order valence-corrected chi connectivity index (χ3v) is 4.15. The molecule has 1 fully saturated rings. The van der Waals surface area contributed by atoms with Crippen LogP contribution >= 0.6 is 0 Å². The zero-order valence-corrected chi connectivity index (χ0v) is 12.3. The highest BCUT2D eigenvalue weighted by Gasteiger charge is 2.36. The van der Waals surface area contributed by atoms with E-state index in [1.54, 1.807) is 0 Å². The highest BCUT2D eigenvalue weighted by atomic mass is 16.7. The molecule has 2 aliphatic rings. The molecule has 4 nitrogen and oxygen atoms in total. The molecule has 0 saturated carbocycles. The van der Waals surface area contributed by atoms with Gasteiger partial charge in [0.05, 0.1) is 12.2 Å². The molecule has 0 aromatic heterocycles. The first kappa shape index (κ1) is 13.7. The summed E-state index contributed by atoms with van der Waals surface area (Å²) in [4.78, 5) is 0. The van der Waals surface area contributed by atoms with Crippen LogP contribution in [0.15, 0.2) is 18.2 Å². The second kappa shape index (κ2) is 5.62. The lowest BCUT2D eigenvalue weighted by molar-refractivity contribution is -0.269. The van der Waals surface area contributed by atoms with Gasteiger partial charge in [-0.2, -0.15) is 0 Å². The van der Waals surface area contributed by atoms with Gasteiger partial charge in [0.2, 0.25) is 6.79 Å². The van der Waals surface area contributed by atoms with E-state index in [9.17, 15) is 0 Å². The Balaban J connectivity index is 1.86. The molecule has 0 N–H and O–H groups in total. The zero-order valence-electron chi connectivity index (χ0n) is 12.3. The molecule has 3 rings (SSSR count). The van der Waals surface area contributed by atoms with Gasteiger partial charge in [-0.25, -0.2) is 0 Å². The van der Waals surface area contributed by atoms with Gasteiger partial charge >= 0.3 is 0 Å². The maximum absolute atomic E-state index is 6.11. The predicted molar refractivity (Wildman–Crippen MR) is 74.8 cm³/mol. The van der Waals surface area contributed by atoms with Crippen molar-refractivity contribution in [2.24, 2.45) is 5.92 Å². The fourth-order valence-corrected chi connectivity index (χ4v) is 2.97. The first-order chi connectivity index (χ1) is 9.72. The van der Waals surface area contributed by atoms with Gasteiger partial charge < -0.3 is 18.9 Å². The molecule has 2 aliphatic heterocycles. The van der Waals surface area contributed by atoms with Gasteiger partial charge in [-0.15, -0.1) is 0 Å². The number of hydrogen-bond acceptors (Lipinski definition) is 4. The summed E-state index contributed by atoms with van der Waals surface area (Å²) in [5, 5.41) is 0. The predicted octanol–water partition coefficient (Wildman–Crippen LogP) is 3.65. The second-order valence-electron chi connectivity index (χ2n) is 5.45. The summed E-state index contributed by atoms with van der Waals surface area (Å²) in [5.74, 6) is 1.95. The van der Waals surface area contributed by atoms with Crippen molar-refractivity contribution in [3.63, 3.8) is 0 Å². The summed E-state index contributed by atoms with van der Waals surface area (Å²) >= 11 is 0. The molecule has 0 spiro atoms. The standard InChI is InChI=1S/C16H22O4/c1-4-12-10(3)16(20-15(5-2)19-12)11-6-7-13-14(8-11)18-9-17-13/h6-8,10,12,15-16H,4-5,9H2,1-3H3/t10-,12+,15+,16+/m0/s1. The molecule has 4 atom stereocenters. The smallest absolute Gasteiger partial charge is 0.231 e. The Morgan fingerprint density at radius 1 is 1.05 bits per heavy atom. The van der Waals surface area contributed by atoms with Crippen molar-refractivity contribution in [2.45, 2.75) is 52.1 Å². The van der Waals surface area contributed by atoms with Gasteiger partial charge in [-0.05, 0) is 30.5 Å². The minimum Gasteiger partial charge on any atom is -0.454 e. The van der Waals surface area contributed by atoms with Crippen molar-refractivity contribution in [2.75, 3.05) is 6.79 Å². The van der Waals surface area contributed by atoms with Crippen LogP contribution in [0.2, 0.25) is 0 Å². The molecule has 1 aromatic carbocycles. The maximum Gasteiger partial charge on any atom is 0.231 e. The summed E-state index contributed by atoms with van der Waals surface area (Å²) in [6.07, 6.45) is 2.04. The average Bonchev–Trinajstić information content (AvgIpc) is 2.95. The van der Waals surface area contributed by atoms with E-state index in [2.05, 4.69) is 26.8 Å². The Kier molecular flexibility index (Phi) is 3.85. The van der Waals surface area contributed by atoms with E-state index in [0.29, 0.717) is 12.7 Å². The van der Waals surface area contributed by atoms with Crippen LogP contribution < -0.4 is 9.47 Å². The van der Waals surface area contributed by atoms with E-state index in [1.807, 2.05) is 12.1 Å². The fourth-order valence-electron chi connectivity index (χ4n) is 2.97. The summed E-state index contributed by atoms with van der Waals surface area (Å²) in [6, 6.07) is 6.07. The SMILES string of the molecule is CC[C@@H]1O[C@H](CC)[C@H](C)[C@H](c2ccc3c(c2)OCO3)O1. The van der Waals surface area contributed by atoms with Crippen molar-refractivity contribution in [1.82, 2.24) is 0 Å². The Bertz CT molecular complexity index is 474. The molecule has 0 radical (unpaired) electrons. The Morgan fingerprint density at radius 2 is 1.85 bits per heavy atom. The summed E-state index contributed by atoms with van der Waals surface area (Å²) in [6.45, 7) is 6.74. The van der Waals surface area contributed by atoms with Crippen LogP contribution in [0.4, 0.5) is 0 Å². The van der Waals surface area contributed by atoms with Crippen molar-refractivity contribution in [1.29, 1.82) is 0 Å². The molecule has 1 aromatic rings. The van der Waals surface area contributed by atoms with Gasteiger partial charge in [-0.1, -0.05) is 26.8 Å². The van der Waals surface area contributed by atoms with E-state index in [4.69, 9.17) is 18.9 Å². The number of fused-ring (bicyclic) bond motifs is 1. The van der Waals surface area contributed by atoms with Gasteiger partial charge in [0, 0.05) is 5.92 Å². The van der Waals surface area contributed by atoms with Gasteiger partial charge in [-0.3, -0.25) is 0 Å². The lowest BCUT2D eigenvalue weighted by atomic mass is 9.89. The van der Waals surface area contributed by atoms with E-state index >= 15 is 0 Å². The molecule has 20 heavy (non-hydrogen) atoms. The van der Waals surface area contributed by atoms with Crippen molar-refractivity contribution in [3.8, 4) is 11.5 Å². The van der Waals surface area contributed by atoms with E-state index in [0.717, 1.165) is 29.9 Å². The van der Waals surface area contributed by atoms with Crippen molar-refractivity contribution >= 4 is 0 Å². The van der Waals surface area contributed by atoms with Crippen LogP contribution in [-0.4, -0.2) is 19.2 Å². The largest absolute Gasteiger partial charge is 0.454 e. The van der Waals surface area contributed by atoms with Crippen LogP contribution in [0.3, 0.4) is 0 Å². The highest BCUT2D eigenvalue weighted by Crippen LogP contribution is 2.41. The molecule has 110 valence electrons. The average molecular weight is 278 g/mol. The molecule has 0 aliphatic carbocycles. The third-order valence-electron chi connectivity index (χ3n) is 4.15. The lowest BCUT2D eigenvalue weighted by Crippen LogP contribution is -2.40. The monoisotopic (exact) mass is 278 g/mol. The first-order valence-electron chi connectivity index (χ1n) is 7.43. The Hall–Kier alpha value is -1.26. The van der Waals surface area contributed by atoms with Crippen LogP contribution in [0.1, 0.15) is 45.3 Å². The number of ether oxygens (including phenoxy) is 4. The summed E-state index contributed by atoms with van der Waals surface area (Å²) < 4.78 is 22.9. The fraction of sp³-hybridized carbons (Fsp3) is 0.625. The molecule has 0 bridgehead atoms. The van der Waals surface area contributed by atoms with Crippen LogP contribution in [0.5, 0.6) is 11.5 Å². The van der Waals surface area contributed by atoms with Crippen molar-refractivity contribution < 1.29 is 18.9 Å². The molecule has 4 heteroatoms. The van der Waals surface area contributed by atoms with Crippen LogP contribution in [0.25, 0.3) is 0 Å². The minimum absolute atomic E-state index is 0.0492.